The van der Waals surface area contributed by atoms with Crippen molar-refractivity contribution in [2.75, 3.05) is 18.9 Å². The third kappa shape index (κ3) is 1.85. The van der Waals surface area contributed by atoms with Crippen LogP contribution in [-0.2, 0) is 0 Å². The van der Waals surface area contributed by atoms with Crippen LogP contribution in [0.5, 0.6) is 11.5 Å². The van der Waals surface area contributed by atoms with Crippen LogP contribution in [0.3, 0.4) is 0 Å². The van der Waals surface area contributed by atoms with Gasteiger partial charge in [0.05, 0.1) is 18.9 Å². The number of fused-ring (bicyclic) bond motifs is 1. The Kier molecular flexibility index (Phi) is 2.55. The lowest BCUT2D eigenvalue weighted by Crippen LogP contribution is -1.98. The molecule has 2 heterocycles. The number of benzene rings is 1. The lowest BCUT2D eigenvalue weighted by atomic mass is 10.1. The SMILES string of the molecule is Nc1cc(-c2cc(F)c3c(c2)OCCCO3)[nH]n1. The topological polar surface area (TPSA) is 73.2 Å². The summed E-state index contributed by atoms with van der Waals surface area (Å²) in [7, 11) is 0. The smallest absolute Gasteiger partial charge is 0.197 e. The highest BCUT2D eigenvalue weighted by Crippen LogP contribution is 2.36. The molecule has 1 aromatic heterocycles. The van der Waals surface area contributed by atoms with E-state index in [1.54, 1.807) is 12.1 Å². The molecule has 0 fully saturated rings. The molecule has 5 nitrogen and oxygen atoms in total. The Morgan fingerprint density at radius 1 is 1.22 bits per heavy atom. The van der Waals surface area contributed by atoms with E-state index in [0.717, 1.165) is 6.42 Å². The van der Waals surface area contributed by atoms with Crippen LogP contribution in [0, 0.1) is 5.82 Å². The Morgan fingerprint density at radius 2 is 2.06 bits per heavy atom. The molecule has 6 heteroatoms. The molecule has 0 spiro atoms. The van der Waals surface area contributed by atoms with Gasteiger partial charge in [-0.15, -0.1) is 0 Å². The molecule has 0 bridgehead atoms. The van der Waals surface area contributed by atoms with Gasteiger partial charge in [0.25, 0.3) is 0 Å². The average molecular weight is 249 g/mol. The molecule has 1 aliphatic heterocycles. The molecule has 3 N–H and O–H groups in total. The van der Waals surface area contributed by atoms with Gasteiger partial charge in [-0.25, -0.2) is 4.39 Å². The van der Waals surface area contributed by atoms with E-state index in [9.17, 15) is 4.39 Å². The fourth-order valence-electron chi connectivity index (χ4n) is 1.87. The van der Waals surface area contributed by atoms with Crippen LogP contribution in [-0.4, -0.2) is 23.4 Å². The summed E-state index contributed by atoms with van der Waals surface area (Å²) < 4.78 is 24.7. The number of rotatable bonds is 1. The Labute approximate surface area is 103 Å². The van der Waals surface area contributed by atoms with Crippen molar-refractivity contribution >= 4 is 5.82 Å². The number of anilines is 1. The fraction of sp³-hybridized carbons (Fsp3) is 0.250. The fourth-order valence-corrected chi connectivity index (χ4v) is 1.87. The summed E-state index contributed by atoms with van der Waals surface area (Å²) in [5, 5.41) is 6.54. The van der Waals surface area contributed by atoms with Crippen LogP contribution in [0.2, 0.25) is 0 Å². The quantitative estimate of drug-likeness (QED) is 0.810. The van der Waals surface area contributed by atoms with Crippen molar-refractivity contribution in [1.82, 2.24) is 10.2 Å². The van der Waals surface area contributed by atoms with Crippen LogP contribution >= 0.6 is 0 Å². The Hall–Kier alpha value is -2.24. The predicted octanol–water partition coefficient (Wildman–Crippen LogP) is 1.96. The molecule has 0 unspecified atom stereocenters. The highest BCUT2D eigenvalue weighted by molar-refractivity contribution is 5.66. The van der Waals surface area contributed by atoms with Crippen LogP contribution in [0.1, 0.15) is 6.42 Å². The van der Waals surface area contributed by atoms with Gasteiger partial charge < -0.3 is 15.2 Å². The Balaban J connectivity index is 2.07. The predicted molar refractivity (Wildman–Crippen MR) is 64.0 cm³/mol. The van der Waals surface area contributed by atoms with Gasteiger partial charge in [0, 0.05) is 18.1 Å². The van der Waals surface area contributed by atoms with Gasteiger partial charge in [0.1, 0.15) is 5.82 Å². The van der Waals surface area contributed by atoms with Crippen molar-refractivity contribution in [1.29, 1.82) is 0 Å². The number of nitrogens with two attached hydrogens (primary N) is 1. The van der Waals surface area contributed by atoms with Gasteiger partial charge in [-0.3, -0.25) is 5.10 Å². The number of nitrogens with one attached hydrogen (secondary N) is 1. The minimum absolute atomic E-state index is 0.170. The van der Waals surface area contributed by atoms with Gasteiger partial charge in [-0.2, -0.15) is 5.10 Å². The molecule has 0 saturated heterocycles. The lowest BCUT2D eigenvalue weighted by Gasteiger charge is -2.09. The van der Waals surface area contributed by atoms with E-state index in [4.69, 9.17) is 15.2 Å². The standard InChI is InChI=1S/C12H12FN3O2/c13-8-4-7(9-6-11(14)16-15-9)5-10-12(8)18-3-1-2-17-10/h4-6H,1-3H2,(H3,14,15,16). The number of aromatic amines is 1. The zero-order valence-electron chi connectivity index (χ0n) is 9.57. The summed E-state index contributed by atoms with van der Waals surface area (Å²) in [5.74, 6) is 0.495. The highest BCUT2D eigenvalue weighted by atomic mass is 19.1. The van der Waals surface area contributed by atoms with Crippen molar-refractivity contribution in [3.63, 3.8) is 0 Å². The Morgan fingerprint density at radius 3 is 2.83 bits per heavy atom. The molecule has 94 valence electrons. The van der Waals surface area contributed by atoms with E-state index in [-0.39, 0.29) is 5.75 Å². The number of ether oxygens (including phenoxy) is 2. The van der Waals surface area contributed by atoms with Crippen molar-refractivity contribution in [2.45, 2.75) is 6.42 Å². The first-order valence-electron chi connectivity index (χ1n) is 5.64. The van der Waals surface area contributed by atoms with Crippen LogP contribution in [0.4, 0.5) is 10.2 Å². The largest absolute Gasteiger partial charge is 0.489 e. The second-order valence-corrected chi connectivity index (χ2v) is 4.04. The molecular formula is C12H12FN3O2. The number of nitrogens with zero attached hydrogens (tertiary/aromatic N) is 1. The monoisotopic (exact) mass is 249 g/mol. The van der Waals surface area contributed by atoms with Crippen molar-refractivity contribution in [3.05, 3.63) is 24.0 Å². The summed E-state index contributed by atoms with van der Waals surface area (Å²) in [6, 6.07) is 4.73. The minimum atomic E-state index is -0.447. The molecule has 18 heavy (non-hydrogen) atoms. The maximum absolute atomic E-state index is 13.9. The second-order valence-electron chi connectivity index (χ2n) is 4.04. The number of hydrogen-bond acceptors (Lipinski definition) is 4. The third-order valence-corrected chi connectivity index (χ3v) is 2.71. The number of nitrogen functional groups attached to an aromatic ring is 1. The summed E-state index contributed by atoms with van der Waals surface area (Å²) in [5.41, 5.74) is 6.79. The first-order valence-corrected chi connectivity index (χ1v) is 5.64. The Bertz CT molecular complexity index is 583. The molecule has 1 aliphatic rings. The summed E-state index contributed by atoms with van der Waals surface area (Å²) in [6.45, 7) is 0.973. The zero-order chi connectivity index (χ0) is 12.5. The van der Waals surface area contributed by atoms with Gasteiger partial charge >= 0.3 is 0 Å². The maximum Gasteiger partial charge on any atom is 0.197 e. The number of hydrogen-bond donors (Lipinski definition) is 2. The molecule has 0 amide bonds. The molecule has 0 radical (unpaired) electrons. The zero-order valence-corrected chi connectivity index (χ0v) is 9.57. The number of aromatic nitrogens is 2. The first kappa shape index (κ1) is 10.9. The molecule has 0 atom stereocenters. The molecule has 1 aromatic carbocycles. The van der Waals surface area contributed by atoms with Gasteiger partial charge in [-0.1, -0.05) is 0 Å². The summed E-state index contributed by atoms with van der Waals surface area (Å²) >= 11 is 0. The third-order valence-electron chi connectivity index (χ3n) is 2.71. The molecular weight excluding hydrogens is 237 g/mol. The summed E-state index contributed by atoms with van der Waals surface area (Å²) in [6.07, 6.45) is 0.737. The van der Waals surface area contributed by atoms with Crippen molar-refractivity contribution in [2.24, 2.45) is 0 Å². The summed E-state index contributed by atoms with van der Waals surface area (Å²) in [4.78, 5) is 0. The van der Waals surface area contributed by atoms with Crippen LogP contribution in [0.15, 0.2) is 18.2 Å². The highest BCUT2D eigenvalue weighted by Gasteiger charge is 2.17. The average Bonchev–Trinajstić information content (AvgIpc) is 2.63. The molecule has 2 aromatic rings. The number of H-pyrrole nitrogens is 1. The van der Waals surface area contributed by atoms with E-state index in [2.05, 4.69) is 10.2 Å². The maximum atomic E-state index is 13.9. The normalized spacial score (nSPS) is 14.3. The lowest BCUT2D eigenvalue weighted by molar-refractivity contribution is 0.292. The van der Waals surface area contributed by atoms with E-state index in [1.807, 2.05) is 0 Å². The van der Waals surface area contributed by atoms with Crippen molar-refractivity contribution < 1.29 is 13.9 Å². The van der Waals surface area contributed by atoms with Gasteiger partial charge in [-0.05, 0) is 12.1 Å². The van der Waals surface area contributed by atoms with Crippen molar-refractivity contribution in [3.8, 4) is 22.8 Å². The van der Waals surface area contributed by atoms with E-state index in [0.29, 0.717) is 36.0 Å². The molecule has 0 aliphatic carbocycles. The minimum Gasteiger partial charge on any atom is -0.489 e. The van der Waals surface area contributed by atoms with Crippen LogP contribution < -0.4 is 15.2 Å². The van der Waals surface area contributed by atoms with E-state index in [1.165, 1.54) is 6.07 Å². The second kappa shape index (κ2) is 4.21. The van der Waals surface area contributed by atoms with E-state index >= 15 is 0 Å². The molecule has 0 saturated carbocycles. The van der Waals surface area contributed by atoms with Gasteiger partial charge in [0.15, 0.2) is 17.3 Å². The molecule has 3 rings (SSSR count). The van der Waals surface area contributed by atoms with Gasteiger partial charge in [0.2, 0.25) is 0 Å². The van der Waals surface area contributed by atoms with Crippen LogP contribution in [0.25, 0.3) is 11.3 Å². The van der Waals surface area contributed by atoms with E-state index < -0.39 is 5.82 Å². The first-order chi connectivity index (χ1) is 8.74. The number of halogens is 1.